The molecule has 0 aliphatic carbocycles. The van der Waals surface area contributed by atoms with E-state index in [4.69, 9.17) is 0 Å². The molecule has 0 saturated carbocycles. The zero-order chi connectivity index (χ0) is 14.8. The van der Waals surface area contributed by atoms with Gasteiger partial charge in [0, 0.05) is 23.8 Å². The van der Waals surface area contributed by atoms with Gasteiger partial charge in [0.15, 0.2) is 0 Å². The van der Waals surface area contributed by atoms with E-state index in [0.29, 0.717) is 6.54 Å². The number of hydrogen-bond donors (Lipinski definition) is 3. The predicted octanol–water partition coefficient (Wildman–Crippen LogP) is 2.56. The van der Waals surface area contributed by atoms with E-state index >= 15 is 0 Å². The number of rotatable bonds is 4. The third-order valence-electron chi connectivity index (χ3n) is 3.12. The summed E-state index contributed by atoms with van der Waals surface area (Å²) in [6, 6.07) is 8.10. The minimum absolute atomic E-state index is 0.0280. The quantitative estimate of drug-likeness (QED) is 0.802. The van der Waals surface area contributed by atoms with Crippen molar-refractivity contribution in [2.45, 2.75) is 45.8 Å². The first-order chi connectivity index (χ1) is 9.35. The Morgan fingerprint density at radius 1 is 1.30 bits per heavy atom. The van der Waals surface area contributed by atoms with Gasteiger partial charge in [-0.3, -0.25) is 4.79 Å². The summed E-state index contributed by atoms with van der Waals surface area (Å²) in [5, 5.41) is 7.42. The Kier molecular flexibility index (Phi) is 4.14. The topological polar surface area (TPSA) is 56.9 Å². The lowest BCUT2D eigenvalue weighted by atomic mass is 10.1. The van der Waals surface area contributed by atoms with Crippen LogP contribution in [0.1, 0.15) is 33.3 Å². The molecule has 1 aromatic carbocycles. The third-order valence-corrected chi connectivity index (χ3v) is 3.12. The van der Waals surface area contributed by atoms with Crippen molar-refractivity contribution in [3.8, 4) is 0 Å². The summed E-state index contributed by atoms with van der Waals surface area (Å²) in [5.41, 5.74) is 2.11. The van der Waals surface area contributed by atoms with Gasteiger partial charge in [0.1, 0.15) is 0 Å². The van der Waals surface area contributed by atoms with Crippen LogP contribution < -0.4 is 10.6 Å². The first-order valence-electron chi connectivity index (χ1n) is 6.96. The van der Waals surface area contributed by atoms with E-state index in [1.54, 1.807) is 0 Å². The zero-order valence-corrected chi connectivity index (χ0v) is 12.6. The van der Waals surface area contributed by atoms with Crippen molar-refractivity contribution in [2.24, 2.45) is 0 Å². The van der Waals surface area contributed by atoms with Crippen LogP contribution in [0.15, 0.2) is 30.5 Å². The molecule has 0 fully saturated rings. The van der Waals surface area contributed by atoms with Gasteiger partial charge in [-0.25, -0.2) is 0 Å². The summed E-state index contributed by atoms with van der Waals surface area (Å²) in [6.07, 6.45) is 1.93. The second-order valence-corrected chi connectivity index (χ2v) is 6.24. The van der Waals surface area contributed by atoms with Crippen molar-refractivity contribution in [3.05, 3.63) is 36.0 Å². The van der Waals surface area contributed by atoms with Crippen LogP contribution in [-0.2, 0) is 11.3 Å². The first-order valence-corrected chi connectivity index (χ1v) is 6.96. The molecule has 20 heavy (non-hydrogen) atoms. The van der Waals surface area contributed by atoms with E-state index in [0.717, 1.165) is 5.52 Å². The molecule has 4 nitrogen and oxygen atoms in total. The zero-order valence-electron chi connectivity index (χ0n) is 12.6. The lowest BCUT2D eigenvalue weighted by Gasteiger charge is -2.23. The summed E-state index contributed by atoms with van der Waals surface area (Å²) >= 11 is 0. The number of amides is 1. The normalized spacial score (nSPS) is 13.4. The van der Waals surface area contributed by atoms with Crippen LogP contribution in [0.5, 0.6) is 0 Å². The van der Waals surface area contributed by atoms with Crippen LogP contribution in [-0.4, -0.2) is 22.5 Å². The van der Waals surface area contributed by atoms with Crippen LogP contribution in [0.2, 0.25) is 0 Å². The van der Waals surface area contributed by atoms with E-state index in [9.17, 15) is 4.79 Å². The van der Waals surface area contributed by atoms with Gasteiger partial charge in [0.2, 0.25) is 5.91 Å². The molecule has 4 heteroatoms. The number of hydrogen-bond acceptors (Lipinski definition) is 2. The Hall–Kier alpha value is -1.81. The summed E-state index contributed by atoms with van der Waals surface area (Å²) < 4.78 is 0. The number of aromatic amines is 1. The van der Waals surface area contributed by atoms with Gasteiger partial charge in [-0.2, -0.15) is 0 Å². The molecule has 3 N–H and O–H groups in total. The highest BCUT2D eigenvalue weighted by Crippen LogP contribution is 2.14. The molecule has 0 bridgehead atoms. The maximum Gasteiger partial charge on any atom is 0.237 e. The molecule has 0 saturated heterocycles. The Morgan fingerprint density at radius 3 is 2.75 bits per heavy atom. The Balaban J connectivity index is 1.92. The lowest BCUT2D eigenvalue weighted by Crippen LogP contribution is -2.49. The summed E-state index contributed by atoms with van der Waals surface area (Å²) in [6.45, 7) is 8.52. The predicted molar refractivity (Wildman–Crippen MR) is 82.5 cm³/mol. The molecule has 1 unspecified atom stereocenters. The van der Waals surface area contributed by atoms with Gasteiger partial charge in [-0.05, 0) is 56.8 Å². The van der Waals surface area contributed by atoms with Crippen molar-refractivity contribution in [2.75, 3.05) is 0 Å². The molecule has 1 atom stereocenters. The molecule has 1 aromatic heterocycles. The minimum Gasteiger partial charge on any atom is -0.361 e. The number of carbonyl (C=O) groups is 1. The second kappa shape index (κ2) is 5.67. The SMILES string of the molecule is CC(NCc1ccc2[nH]ccc2c1)C(=O)NC(C)(C)C. The van der Waals surface area contributed by atoms with Crippen LogP contribution in [0, 0.1) is 0 Å². The summed E-state index contributed by atoms with van der Waals surface area (Å²) in [4.78, 5) is 15.1. The fourth-order valence-electron chi connectivity index (χ4n) is 2.05. The molecule has 1 amide bonds. The van der Waals surface area contributed by atoms with E-state index in [1.165, 1.54) is 10.9 Å². The van der Waals surface area contributed by atoms with Gasteiger partial charge in [0.25, 0.3) is 0 Å². The number of fused-ring (bicyclic) bond motifs is 1. The van der Waals surface area contributed by atoms with Gasteiger partial charge < -0.3 is 15.6 Å². The van der Waals surface area contributed by atoms with Gasteiger partial charge in [0.05, 0.1) is 6.04 Å². The van der Waals surface area contributed by atoms with Gasteiger partial charge in [-0.1, -0.05) is 6.07 Å². The van der Waals surface area contributed by atoms with Gasteiger partial charge in [-0.15, -0.1) is 0 Å². The molecule has 0 radical (unpaired) electrons. The molecule has 2 aromatic rings. The number of aromatic nitrogens is 1. The standard InChI is InChI=1S/C16H23N3O/c1-11(15(20)19-16(2,3)4)18-10-12-5-6-14-13(9-12)7-8-17-14/h5-9,11,17-18H,10H2,1-4H3,(H,19,20). The van der Waals surface area contributed by atoms with Crippen molar-refractivity contribution in [1.29, 1.82) is 0 Å². The van der Waals surface area contributed by atoms with E-state index in [1.807, 2.05) is 33.9 Å². The third kappa shape index (κ3) is 3.84. The van der Waals surface area contributed by atoms with Crippen molar-refractivity contribution >= 4 is 16.8 Å². The average molecular weight is 273 g/mol. The highest BCUT2D eigenvalue weighted by molar-refractivity contribution is 5.82. The highest BCUT2D eigenvalue weighted by atomic mass is 16.2. The van der Waals surface area contributed by atoms with Crippen molar-refractivity contribution in [3.63, 3.8) is 0 Å². The van der Waals surface area contributed by atoms with E-state index in [-0.39, 0.29) is 17.5 Å². The Morgan fingerprint density at radius 2 is 2.05 bits per heavy atom. The highest BCUT2D eigenvalue weighted by Gasteiger charge is 2.18. The van der Waals surface area contributed by atoms with Crippen LogP contribution >= 0.6 is 0 Å². The van der Waals surface area contributed by atoms with Crippen LogP contribution in [0.3, 0.4) is 0 Å². The Bertz CT molecular complexity index is 595. The summed E-state index contributed by atoms with van der Waals surface area (Å²) in [5.74, 6) is 0.0280. The molecule has 0 spiro atoms. The smallest absolute Gasteiger partial charge is 0.237 e. The number of nitrogens with one attached hydrogen (secondary N) is 3. The number of benzene rings is 1. The molecule has 108 valence electrons. The maximum atomic E-state index is 12.0. The number of H-pyrrole nitrogens is 1. The summed E-state index contributed by atoms with van der Waals surface area (Å²) in [7, 11) is 0. The molecule has 2 rings (SSSR count). The van der Waals surface area contributed by atoms with E-state index in [2.05, 4.69) is 39.9 Å². The molecule has 0 aliphatic rings. The lowest BCUT2D eigenvalue weighted by molar-refractivity contribution is -0.124. The monoisotopic (exact) mass is 273 g/mol. The van der Waals surface area contributed by atoms with Crippen LogP contribution in [0.4, 0.5) is 0 Å². The molecule has 1 heterocycles. The molecule has 0 aliphatic heterocycles. The fraction of sp³-hybridized carbons (Fsp3) is 0.438. The fourth-order valence-corrected chi connectivity index (χ4v) is 2.05. The molecular weight excluding hydrogens is 250 g/mol. The second-order valence-electron chi connectivity index (χ2n) is 6.24. The first kappa shape index (κ1) is 14.6. The maximum absolute atomic E-state index is 12.0. The molecular formula is C16H23N3O. The minimum atomic E-state index is -0.212. The van der Waals surface area contributed by atoms with Crippen molar-refractivity contribution < 1.29 is 4.79 Å². The van der Waals surface area contributed by atoms with Crippen molar-refractivity contribution in [1.82, 2.24) is 15.6 Å². The largest absolute Gasteiger partial charge is 0.361 e. The number of carbonyl (C=O) groups excluding carboxylic acids is 1. The van der Waals surface area contributed by atoms with Crippen LogP contribution in [0.25, 0.3) is 10.9 Å². The van der Waals surface area contributed by atoms with Gasteiger partial charge >= 0.3 is 0 Å². The van der Waals surface area contributed by atoms with E-state index < -0.39 is 0 Å². The Labute approximate surface area is 120 Å². The average Bonchev–Trinajstić information content (AvgIpc) is 2.81.